The lowest BCUT2D eigenvalue weighted by atomic mass is 10.0. The molecule has 4 N–H and O–H groups in total. The molecule has 0 radical (unpaired) electrons. The molecule has 1 atom stereocenters. The standard InChI is InChI=1S/C18H20FN3O3/c1-11-9-14(25-10-16(23)21-2)7-8-15(11)22-17(18(20)24)12-3-5-13(19)6-4-12/h3-9,17,22H,10H2,1-2H3,(H2,20,24)(H,21,23). The predicted molar refractivity (Wildman–Crippen MR) is 92.7 cm³/mol. The molecular formula is C18H20FN3O3. The van der Waals surface area contributed by atoms with E-state index in [4.69, 9.17) is 10.5 Å². The first-order chi connectivity index (χ1) is 11.9. The summed E-state index contributed by atoms with van der Waals surface area (Å²) in [4.78, 5) is 23.0. The Labute approximate surface area is 145 Å². The molecule has 0 aliphatic carbocycles. The molecule has 1 unspecified atom stereocenters. The van der Waals surface area contributed by atoms with Crippen molar-refractivity contribution in [2.75, 3.05) is 19.0 Å². The zero-order valence-corrected chi connectivity index (χ0v) is 14.0. The Hall–Kier alpha value is -3.09. The van der Waals surface area contributed by atoms with Gasteiger partial charge in [0, 0.05) is 12.7 Å². The van der Waals surface area contributed by atoms with Gasteiger partial charge in [-0.1, -0.05) is 12.1 Å². The summed E-state index contributed by atoms with van der Waals surface area (Å²) >= 11 is 0. The minimum atomic E-state index is -0.795. The van der Waals surface area contributed by atoms with Crippen molar-refractivity contribution >= 4 is 17.5 Å². The van der Waals surface area contributed by atoms with Crippen LogP contribution in [0.4, 0.5) is 10.1 Å². The number of carbonyl (C=O) groups is 2. The van der Waals surface area contributed by atoms with Crippen LogP contribution in [0.5, 0.6) is 5.75 Å². The van der Waals surface area contributed by atoms with E-state index in [0.29, 0.717) is 17.0 Å². The molecule has 0 aliphatic heterocycles. The molecule has 0 saturated carbocycles. The maximum atomic E-state index is 13.1. The Kier molecular flexibility index (Phi) is 5.94. The Bertz CT molecular complexity index is 763. The van der Waals surface area contributed by atoms with Crippen molar-refractivity contribution in [3.8, 4) is 5.75 Å². The number of anilines is 1. The number of benzene rings is 2. The second-order valence-electron chi connectivity index (χ2n) is 5.47. The van der Waals surface area contributed by atoms with Crippen LogP contribution in [0.15, 0.2) is 42.5 Å². The summed E-state index contributed by atoms with van der Waals surface area (Å²) in [5, 5.41) is 5.52. The molecule has 2 rings (SSSR count). The van der Waals surface area contributed by atoms with E-state index in [1.54, 1.807) is 18.2 Å². The van der Waals surface area contributed by atoms with Crippen molar-refractivity contribution in [3.63, 3.8) is 0 Å². The second-order valence-corrected chi connectivity index (χ2v) is 5.47. The Morgan fingerprint density at radius 2 is 1.88 bits per heavy atom. The summed E-state index contributed by atoms with van der Waals surface area (Å²) in [6, 6.07) is 9.92. The van der Waals surface area contributed by atoms with Crippen LogP contribution >= 0.6 is 0 Å². The molecule has 2 aromatic rings. The average molecular weight is 345 g/mol. The lowest BCUT2D eigenvalue weighted by molar-refractivity contribution is -0.122. The highest BCUT2D eigenvalue weighted by atomic mass is 19.1. The summed E-state index contributed by atoms with van der Waals surface area (Å²) in [7, 11) is 1.53. The third kappa shape index (κ3) is 4.94. The number of nitrogens with two attached hydrogens (primary N) is 1. The normalized spacial score (nSPS) is 11.5. The number of amides is 2. The van der Waals surface area contributed by atoms with E-state index in [1.165, 1.54) is 31.3 Å². The number of nitrogens with one attached hydrogen (secondary N) is 2. The molecule has 0 saturated heterocycles. The van der Waals surface area contributed by atoms with Crippen molar-refractivity contribution in [3.05, 3.63) is 59.4 Å². The largest absolute Gasteiger partial charge is 0.484 e. The highest BCUT2D eigenvalue weighted by molar-refractivity contribution is 5.84. The number of carbonyl (C=O) groups excluding carboxylic acids is 2. The SMILES string of the molecule is CNC(=O)COc1ccc(NC(C(N)=O)c2ccc(F)cc2)c(C)c1. The van der Waals surface area contributed by atoms with Crippen LogP contribution < -0.4 is 21.1 Å². The lowest BCUT2D eigenvalue weighted by Crippen LogP contribution is -2.28. The van der Waals surface area contributed by atoms with Crippen molar-refractivity contribution in [1.82, 2.24) is 5.32 Å². The fraction of sp³-hybridized carbons (Fsp3) is 0.222. The van der Waals surface area contributed by atoms with E-state index < -0.39 is 11.9 Å². The van der Waals surface area contributed by atoms with Gasteiger partial charge in [0.25, 0.3) is 5.91 Å². The molecule has 0 aromatic heterocycles. The monoisotopic (exact) mass is 345 g/mol. The number of hydrogen-bond acceptors (Lipinski definition) is 4. The van der Waals surface area contributed by atoms with Gasteiger partial charge < -0.3 is 21.1 Å². The van der Waals surface area contributed by atoms with Crippen molar-refractivity contribution < 1.29 is 18.7 Å². The smallest absolute Gasteiger partial charge is 0.257 e. The Balaban J connectivity index is 2.15. The van der Waals surface area contributed by atoms with Crippen LogP contribution in [-0.2, 0) is 9.59 Å². The molecule has 7 heteroatoms. The zero-order chi connectivity index (χ0) is 18.4. The fourth-order valence-corrected chi connectivity index (χ4v) is 2.24. The van der Waals surface area contributed by atoms with E-state index in [0.717, 1.165) is 5.56 Å². The number of ether oxygens (including phenoxy) is 1. The molecule has 0 heterocycles. The van der Waals surface area contributed by atoms with Gasteiger partial charge in [-0.3, -0.25) is 9.59 Å². The zero-order valence-electron chi connectivity index (χ0n) is 14.0. The highest BCUT2D eigenvalue weighted by Crippen LogP contribution is 2.26. The molecule has 2 aromatic carbocycles. The number of hydrogen-bond donors (Lipinski definition) is 3. The molecule has 2 amide bonds. The molecular weight excluding hydrogens is 325 g/mol. The van der Waals surface area contributed by atoms with Crippen LogP contribution in [0.3, 0.4) is 0 Å². The van der Waals surface area contributed by atoms with Gasteiger partial charge >= 0.3 is 0 Å². The Morgan fingerprint density at radius 3 is 2.44 bits per heavy atom. The van der Waals surface area contributed by atoms with Crippen LogP contribution in [0.1, 0.15) is 17.2 Å². The molecule has 25 heavy (non-hydrogen) atoms. The van der Waals surface area contributed by atoms with Gasteiger partial charge in [0.15, 0.2) is 6.61 Å². The van der Waals surface area contributed by atoms with Crippen molar-refractivity contribution in [1.29, 1.82) is 0 Å². The van der Waals surface area contributed by atoms with Crippen LogP contribution in [0.25, 0.3) is 0 Å². The van der Waals surface area contributed by atoms with Gasteiger partial charge in [-0.2, -0.15) is 0 Å². The summed E-state index contributed by atoms with van der Waals surface area (Å²) in [5.74, 6) is -0.666. The molecule has 0 fully saturated rings. The highest BCUT2D eigenvalue weighted by Gasteiger charge is 2.18. The van der Waals surface area contributed by atoms with E-state index in [1.807, 2.05) is 6.92 Å². The first-order valence-electron chi connectivity index (χ1n) is 7.66. The number of likely N-dealkylation sites (N-methyl/N-ethyl adjacent to an activating group) is 1. The van der Waals surface area contributed by atoms with Gasteiger partial charge in [-0.15, -0.1) is 0 Å². The third-order valence-corrected chi connectivity index (χ3v) is 3.63. The molecule has 0 spiro atoms. The molecule has 0 aliphatic rings. The second kappa shape index (κ2) is 8.14. The van der Waals surface area contributed by atoms with Crippen molar-refractivity contribution in [2.45, 2.75) is 13.0 Å². The summed E-state index contributed by atoms with van der Waals surface area (Å²) in [5.41, 5.74) is 7.52. The minimum Gasteiger partial charge on any atom is -0.484 e. The van der Waals surface area contributed by atoms with Gasteiger partial charge in [0.2, 0.25) is 5.91 Å². The van der Waals surface area contributed by atoms with Gasteiger partial charge in [-0.25, -0.2) is 4.39 Å². The molecule has 132 valence electrons. The fourth-order valence-electron chi connectivity index (χ4n) is 2.24. The number of halogens is 1. The maximum absolute atomic E-state index is 13.1. The predicted octanol–water partition coefficient (Wildman–Crippen LogP) is 1.90. The number of aryl methyl sites for hydroxylation is 1. The van der Waals surface area contributed by atoms with E-state index in [2.05, 4.69) is 10.6 Å². The first-order valence-corrected chi connectivity index (χ1v) is 7.66. The van der Waals surface area contributed by atoms with Gasteiger partial charge in [-0.05, 0) is 48.4 Å². The quantitative estimate of drug-likeness (QED) is 0.714. The topological polar surface area (TPSA) is 93.4 Å². The average Bonchev–Trinajstić information content (AvgIpc) is 2.59. The van der Waals surface area contributed by atoms with Gasteiger partial charge in [0.05, 0.1) is 0 Å². The van der Waals surface area contributed by atoms with Crippen molar-refractivity contribution in [2.24, 2.45) is 5.73 Å². The Morgan fingerprint density at radius 1 is 1.20 bits per heavy atom. The van der Waals surface area contributed by atoms with E-state index >= 15 is 0 Å². The number of primary amides is 1. The van der Waals surface area contributed by atoms with Crippen LogP contribution in [0, 0.1) is 12.7 Å². The maximum Gasteiger partial charge on any atom is 0.257 e. The number of rotatable bonds is 7. The summed E-state index contributed by atoms with van der Waals surface area (Å²) in [6.07, 6.45) is 0. The summed E-state index contributed by atoms with van der Waals surface area (Å²) < 4.78 is 18.4. The third-order valence-electron chi connectivity index (χ3n) is 3.63. The molecule has 6 nitrogen and oxygen atoms in total. The first kappa shape index (κ1) is 18.3. The van der Waals surface area contributed by atoms with E-state index in [9.17, 15) is 14.0 Å². The van der Waals surface area contributed by atoms with Gasteiger partial charge in [0.1, 0.15) is 17.6 Å². The minimum absolute atomic E-state index is 0.0811. The lowest BCUT2D eigenvalue weighted by Gasteiger charge is -2.19. The van der Waals surface area contributed by atoms with Crippen LogP contribution in [0.2, 0.25) is 0 Å². The summed E-state index contributed by atoms with van der Waals surface area (Å²) in [6.45, 7) is 1.75. The molecule has 0 bridgehead atoms. The van der Waals surface area contributed by atoms with Crippen LogP contribution in [-0.4, -0.2) is 25.5 Å². The van der Waals surface area contributed by atoms with E-state index in [-0.39, 0.29) is 18.3 Å².